The number of thiophene rings is 1. The first kappa shape index (κ1) is 30.2. The van der Waals surface area contributed by atoms with Crippen LogP contribution in [0.3, 0.4) is 0 Å². The molecule has 13 heteroatoms. The molecule has 11 nitrogen and oxygen atoms in total. The third-order valence-electron chi connectivity index (χ3n) is 7.06. The van der Waals surface area contributed by atoms with Gasteiger partial charge in [0.25, 0.3) is 11.8 Å². The van der Waals surface area contributed by atoms with E-state index in [1.165, 1.54) is 18.0 Å². The highest BCUT2D eigenvalue weighted by Crippen LogP contribution is 2.35. The number of hydrogen-bond acceptors (Lipinski definition) is 10. The lowest BCUT2D eigenvalue weighted by atomic mass is 10.0. The van der Waals surface area contributed by atoms with Crippen molar-refractivity contribution in [2.45, 2.75) is 31.1 Å². The predicted molar refractivity (Wildman–Crippen MR) is 171 cm³/mol. The number of thioether (sulfide) groups is 1. The number of nitrogens with one attached hydrogen (secondary N) is 1. The SMILES string of the molecule is CCOc1ccc(-n2c(CNC(=O)c3ccco3)nnc2SCC(=O)N2N=C(c3cccs3)C[C@H]2c2ccc(OC)cc2)cc1. The van der Waals surface area contributed by atoms with E-state index in [0.29, 0.717) is 24.0 Å². The minimum Gasteiger partial charge on any atom is -0.497 e. The summed E-state index contributed by atoms with van der Waals surface area (Å²) in [6, 6.07) is 22.2. The summed E-state index contributed by atoms with van der Waals surface area (Å²) in [5, 5.41) is 20.4. The fourth-order valence-electron chi connectivity index (χ4n) is 4.89. The number of methoxy groups -OCH3 is 1. The van der Waals surface area contributed by atoms with Crippen molar-refractivity contribution in [1.82, 2.24) is 25.1 Å². The number of hydrazone groups is 1. The first-order valence-electron chi connectivity index (χ1n) is 14.2. The lowest BCUT2D eigenvalue weighted by Crippen LogP contribution is -2.28. The van der Waals surface area contributed by atoms with Gasteiger partial charge in [-0.2, -0.15) is 5.10 Å². The Balaban J connectivity index is 1.24. The first-order chi connectivity index (χ1) is 22.0. The van der Waals surface area contributed by atoms with Gasteiger partial charge in [-0.15, -0.1) is 21.5 Å². The number of nitrogens with zero attached hydrogens (tertiary/aromatic N) is 5. The Bertz CT molecular complexity index is 1770. The Kier molecular flexibility index (Phi) is 9.27. The largest absolute Gasteiger partial charge is 0.497 e. The van der Waals surface area contributed by atoms with Crippen molar-refractivity contribution in [3.8, 4) is 17.2 Å². The molecule has 4 heterocycles. The van der Waals surface area contributed by atoms with E-state index in [0.717, 1.165) is 33.3 Å². The van der Waals surface area contributed by atoms with Gasteiger partial charge in [0.15, 0.2) is 16.7 Å². The van der Waals surface area contributed by atoms with Crippen molar-refractivity contribution < 1.29 is 23.5 Å². The normalized spacial score (nSPS) is 14.3. The number of carbonyl (C=O) groups excluding carboxylic acids is 2. The molecule has 0 fully saturated rings. The summed E-state index contributed by atoms with van der Waals surface area (Å²) in [4.78, 5) is 27.4. The van der Waals surface area contributed by atoms with Gasteiger partial charge in [-0.1, -0.05) is 30.0 Å². The molecule has 1 aliphatic rings. The van der Waals surface area contributed by atoms with Crippen LogP contribution in [0.4, 0.5) is 0 Å². The number of hydrogen-bond donors (Lipinski definition) is 1. The molecule has 0 bridgehead atoms. The van der Waals surface area contributed by atoms with Crippen LogP contribution in [-0.2, 0) is 11.3 Å². The summed E-state index contributed by atoms with van der Waals surface area (Å²) in [5.41, 5.74) is 2.60. The zero-order valence-electron chi connectivity index (χ0n) is 24.6. The van der Waals surface area contributed by atoms with Gasteiger partial charge in [0.2, 0.25) is 0 Å². The molecular formula is C32H30N6O5S2. The molecule has 5 aromatic rings. The van der Waals surface area contributed by atoms with Gasteiger partial charge >= 0.3 is 0 Å². The standard InChI is InChI=1S/C32H30N6O5S2/c1-3-42-24-14-10-22(11-15-24)37-29(19-33-31(40)27-6-4-16-43-27)34-35-32(37)45-20-30(39)38-26(21-8-12-23(41-2)13-9-21)18-25(36-38)28-7-5-17-44-28/h4-17,26H,3,18-20H2,1-2H3,(H,33,40)/t26-/m0/s1. The Morgan fingerprint density at radius 3 is 2.53 bits per heavy atom. The van der Waals surface area contributed by atoms with Crippen LogP contribution in [0, 0.1) is 0 Å². The van der Waals surface area contributed by atoms with Crippen LogP contribution in [0.25, 0.3) is 5.69 Å². The van der Waals surface area contributed by atoms with E-state index in [1.54, 1.807) is 35.6 Å². The smallest absolute Gasteiger partial charge is 0.287 e. The first-order valence-corrected chi connectivity index (χ1v) is 16.1. The van der Waals surface area contributed by atoms with Gasteiger partial charge < -0.3 is 19.2 Å². The number of rotatable bonds is 12. The second kappa shape index (κ2) is 13.8. The van der Waals surface area contributed by atoms with Crippen molar-refractivity contribution >= 4 is 40.6 Å². The molecule has 2 amide bonds. The van der Waals surface area contributed by atoms with E-state index in [2.05, 4.69) is 15.5 Å². The van der Waals surface area contributed by atoms with Gasteiger partial charge in [0.1, 0.15) is 11.5 Å². The maximum absolute atomic E-state index is 13.8. The van der Waals surface area contributed by atoms with Gasteiger partial charge in [-0.3, -0.25) is 14.2 Å². The van der Waals surface area contributed by atoms with Crippen molar-refractivity contribution in [3.05, 3.63) is 106 Å². The Labute approximate surface area is 267 Å². The zero-order chi connectivity index (χ0) is 31.2. The highest BCUT2D eigenvalue weighted by molar-refractivity contribution is 7.99. The van der Waals surface area contributed by atoms with Gasteiger partial charge in [-0.05, 0) is 72.5 Å². The lowest BCUT2D eigenvalue weighted by molar-refractivity contribution is -0.130. The van der Waals surface area contributed by atoms with Crippen LogP contribution in [0.2, 0.25) is 0 Å². The van der Waals surface area contributed by atoms with Gasteiger partial charge in [-0.25, -0.2) is 5.01 Å². The molecule has 45 heavy (non-hydrogen) atoms. The maximum atomic E-state index is 13.8. The molecule has 0 spiro atoms. The summed E-state index contributed by atoms with van der Waals surface area (Å²) < 4.78 is 18.0. The summed E-state index contributed by atoms with van der Waals surface area (Å²) in [6.45, 7) is 2.56. The molecule has 0 aliphatic carbocycles. The van der Waals surface area contributed by atoms with E-state index < -0.39 is 0 Å². The average molecular weight is 643 g/mol. The zero-order valence-corrected chi connectivity index (χ0v) is 26.2. The number of benzene rings is 2. The van der Waals surface area contributed by atoms with Crippen molar-refractivity contribution in [2.24, 2.45) is 5.10 Å². The second-order valence-corrected chi connectivity index (χ2v) is 11.8. The fraction of sp³-hybridized carbons (Fsp3) is 0.219. The molecule has 230 valence electrons. The molecule has 6 rings (SSSR count). The average Bonchev–Trinajstić information content (AvgIpc) is 3.90. The number of carbonyl (C=O) groups is 2. The Morgan fingerprint density at radius 1 is 1.04 bits per heavy atom. The molecule has 3 aromatic heterocycles. The summed E-state index contributed by atoms with van der Waals surface area (Å²) in [6.07, 6.45) is 2.04. The Morgan fingerprint density at radius 2 is 1.84 bits per heavy atom. The molecule has 0 saturated heterocycles. The summed E-state index contributed by atoms with van der Waals surface area (Å²) >= 11 is 2.85. The topological polar surface area (TPSA) is 124 Å². The van der Waals surface area contributed by atoms with Crippen molar-refractivity contribution in [2.75, 3.05) is 19.5 Å². The molecule has 2 aromatic carbocycles. The van der Waals surface area contributed by atoms with Crippen LogP contribution in [0.1, 0.15) is 46.2 Å². The number of amides is 2. The quantitative estimate of drug-likeness (QED) is 0.171. The van der Waals surface area contributed by atoms with E-state index >= 15 is 0 Å². The van der Waals surface area contributed by atoms with Crippen LogP contribution >= 0.6 is 23.1 Å². The maximum Gasteiger partial charge on any atom is 0.287 e. The molecule has 1 atom stereocenters. The lowest BCUT2D eigenvalue weighted by Gasteiger charge is -2.22. The van der Waals surface area contributed by atoms with Crippen LogP contribution in [0.5, 0.6) is 11.5 Å². The molecule has 0 radical (unpaired) electrons. The molecule has 0 saturated carbocycles. The minimum absolute atomic E-state index is 0.0712. The molecule has 1 aliphatic heterocycles. The molecular weight excluding hydrogens is 613 g/mol. The van der Waals surface area contributed by atoms with Crippen LogP contribution in [0.15, 0.2) is 99.1 Å². The van der Waals surface area contributed by atoms with Crippen molar-refractivity contribution in [3.63, 3.8) is 0 Å². The van der Waals surface area contributed by atoms with E-state index in [1.807, 2.05) is 77.5 Å². The number of furan rings is 1. The summed E-state index contributed by atoms with van der Waals surface area (Å²) in [5.74, 6) is 1.69. The number of aromatic nitrogens is 3. The third kappa shape index (κ3) is 6.79. The van der Waals surface area contributed by atoms with E-state index in [-0.39, 0.29) is 35.9 Å². The third-order valence-corrected chi connectivity index (χ3v) is 8.89. The minimum atomic E-state index is -0.372. The van der Waals surface area contributed by atoms with E-state index in [9.17, 15) is 9.59 Å². The molecule has 0 unspecified atom stereocenters. The van der Waals surface area contributed by atoms with Gasteiger partial charge in [0, 0.05) is 12.1 Å². The van der Waals surface area contributed by atoms with Crippen LogP contribution in [-0.4, -0.2) is 56.8 Å². The van der Waals surface area contributed by atoms with Crippen molar-refractivity contribution in [1.29, 1.82) is 0 Å². The highest BCUT2D eigenvalue weighted by atomic mass is 32.2. The van der Waals surface area contributed by atoms with Gasteiger partial charge in [0.05, 0.1) is 48.9 Å². The monoisotopic (exact) mass is 642 g/mol. The number of ether oxygens (including phenoxy) is 2. The second-order valence-electron chi connectivity index (χ2n) is 9.87. The fourth-order valence-corrected chi connectivity index (χ4v) is 6.43. The Hall–Kier alpha value is -4.88. The van der Waals surface area contributed by atoms with E-state index in [4.69, 9.17) is 19.0 Å². The van der Waals surface area contributed by atoms with Crippen LogP contribution < -0.4 is 14.8 Å². The predicted octanol–water partition coefficient (Wildman–Crippen LogP) is 5.73. The highest BCUT2D eigenvalue weighted by Gasteiger charge is 2.34. The molecule has 1 N–H and O–H groups in total. The summed E-state index contributed by atoms with van der Waals surface area (Å²) in [7, 11) is 1.63.